The maximum atomic E-state index is 12.1. The van der Waals surface area contributed by atoms with Crippen LogP contribution in [0.5, 0.6) is 11.5 Å². The Kier molecular flexibility index (Phi) is 5.21. The summed E-state index contributed by atoms with van der Waals surface area (Å²) in [6.07, 6.45) is 1.77. The molecule has 22 heavy (non-hydrogen) atoms. The second-order valence-electron chi connectivity index (χ2n) is 4.87. The molecule has 2 N–H and O–H groups in total. The van der Waals surface area contributed by atoms with Gasteiger partial charge in [-0.3, -0.25) is 5.32 Å². The lowest BCUT2D eigenvalue weighted by atomic mass is 10.2. The van der Waals surface area contributed by atoms with Crippen LogP contribution in [0.2, 0.25) is 0 Å². The zero-order valence-electron chi connectivity index (χ0n) is 13.0. The van der Waals surface area contributed by atoms with Crippen molar-refractivity contribution >= 4 is 28.2 Å². The Morgan fingerprint density at radius 2 is 2.00 bits per heavy atom. The van der Waals surface area contributed by atoms with Gasteiger partial charge in [0.25, 0.3) is 0 Å². The Hall–Kier alpha value is -2.28. The number of aromatic nitrogens is 1. The first-order valence-electron chi connectivity index (χ1n) is 6.79. The summed E-state index contributed by atoms with van der Waals surface area (Å²) < 4.78 is 10.4. The summed E-state index contributed by atoms with van der Waals surface area (Å²) in [6, 6.07) is 4.81. The molecule has 0 bridgehead atoms. The Labute approximate surface area is 133 Å². The van der Waals surface area contributed by atoms with Gasteiger partial charge in [0, 0.05) is 17.1 Å². The van der Waals surface area contributed by atoms with E-state index in [9.17, 15) is 4.79 Å². The van der Waals surface area contributed by atoms with E-state index in [1.165, 1.54) is 11.3 Å². The molecule has 7 heteroatoms. The molecule has 2 amide bonds. The molecule has 0 unspecified atom stereocenters. The zero-order valence-corrected chi connectivity index (χ0v) is 13.8. The van der Waals surface area contributed by atoms with Gasteiger partial charge < -0.3 is 14.8 Å². The fraction of sp³-hybridized carbons (Fsp3) is 0.333. The minimum Gasteiger partial charge on any atom is -0.497 e. The highest BCUT2D eigenvalue weighted by molar-refractivity contribution is 7.15. The zero-order chi connectivity index (χ0) is 16.1. The molecule has 2 rings (SSSR count). The van der Waals surface area contributed by atoms with Gasteiger partial charge in [0.1, 0.15) is 11.5 Å². The Morgan fingerprint density at radius 3 is 2.59 bits per heavy atom. The van der Waals surface area contributed by atoms with Gasteiger partial charge in [-0.2, -0.15) is 0 Å². The number of thiazole rings is 1. The summed E-state index contributed by atoms with van der Waals surface area (Å²) in [5, 5.41) is 6.01. The summed E-state index contributed by atoms with van der Waals surface area (Å²) in [4.78, 5) is 17.4. The molecule has 2 aromatic rings. The standard InChI is InChI=1S/C15H19N3O3S/c1-9(2)13-8-16-15(22-13)18-14(19)17-11-7-10(20-3)5-6-12(11)21-4/h5-9H,1-4H3,(H2,16,17,18,19). The lowest BCUT2D eigenvalue weighted by Gasteiger charge is -2.11. The van der Waals surface area contributed by atoms with Gasteiger partial charge in [-0.1, -0.05) is 13.8 Å². The molecule has 0 saturated heterocycles. The molecule has 1 aromatic heterocycles. The lowest BCUT2D eigenvalue weighted by molar-refractivity contribution is 0.262. The van der Waals surface area contributed by atoms with Gasteiger partial charge >= 0.3 is 6.03 Å². The molecule has 0 spiro atoms. The number of nitrogens with zero attached hydrogens (tertiary/aromatic N) is 1. The average molecular weight is 321 g/mol. The van der Waals surface area contributed by atoms with Crippen LogP contribution in [0.3, 0.4) is 0 Å². The predicted molar refractivity (Wildman–Crippen MR) is 88.4 cm³/mol. The smallest absolute Gasteiger partial charge is 0.325 e. The molecule has 0 aliphatic heterocycles. The fourth-order valence-corrected chi connectivity index (χ4v) is 2.59. The van der Waals surface area contributed by atoms with Crippen LogP contribution < -0.4 is 20.1 Å². The summed E-state index contributed by atoms with van der Waals surface area (Å²) in [5.41, 5.74) is 0.528. The van der Waals surface area contributed by atoms with E-state index < -0.39 is 0 Å². The van der Waals surface area contributed by atoms with E-state index in [0.717, 1.165) is 4.88 Å². The van der Waals surface area contributed by atoms with Crippen LogP contribution in [0.4, 0.5) is 15.6 Å². The third-order valence-corrected chi connectivity index (χ3v) is 4.18. The molecule has 0 saturated carbocycles. The van der Waals surface area contributed by atoms with Crippen LogP contribution in [0.1, 0.15) is 24.6 Å². The third-order valence-electron chi connectivity index (χ3n) is 2.97. The molecule has 0 aliphatic carbocycles. The van der Waals surface area contributed by atoms with Crippen LogP contribution in [0.15, 0.2) is 24.4 Å². The summed E-state index contributed by atoms with van der Waals surface area (Å²) in [5.74, 6) is 1.57. The summed E-state index contributed by atoms with van der Waals surface area (Å²) in [6.45, 7) is 4.16. The lowest BCUT2D eigenvalue weighted by Crippen LogP contribution is -2.19. The van der Waals surface area contributed by atoms with Gasteiger partial charge in [0.15, 0.2) is 5.13 Å². The fourth-order valence-electron chi connectivity index (χ4n) is 1.77. The van der Waals surface area contributed by atoms with Gasteiger partial charge in [0.05, 0.1) is 19.9 Å². The molecule has 1 heterocycles. The van der Waals surface area contributed by atoms with E-state index in [1.54, 1.807) is 38.6 Å². The predicted octanol–water partition coefficient (Wildman–Crippen LogP) is 3.93. The van der Waals surface area contributed by atoms with Crippen molar-refractivity contribution < 1.29 is 14.3 Å². The van der Waals surface area contributed by atoms with Crippen LogP contribution in [0, 0.1) is 0 Å². The van der Waals surface area contributed by atoms with E-state index in [4.69, 9.17) is 9.47 Å². The van der Waals surface area contributed by atoms with Crippen molar-refractivity contribution in [3.63, 3.8) is 0 Å². The quantitative estimate of drug-likeness (QED) is 0.875. The van der Waals surface area contributed by atoms with Crippen molar-refractivity contribution in [2.75, 3.05) is 24.9 Å². The highest BCUT2D eigenvalue weighted by Crippen LogP contribution is 2.29. The highest BCUT2D eigenvalue weighted by atomic mass is 32.1. The molecule has 118 valence electrons. The van der Waals surface area contributed by atoms with Crippen LogP contribution in [-0.2, 0) is 0 Å². The first-order chi connectivity index (χ1) is 10.5. The normalized spacial score (nSPS) is 10.4. The molecule has 0 radical (unpaired) electrons. The molecular weight excluding hydrogens is 302 g/mol. The van der Waals surface area contributed by atoms with Crippen LogP contribution in [0.25, 0.3) is 0 Å². The van der Waals surface area contributed by atoms with Gasteiger partial charge in [0.2, 0.25) is 0 Å². The Balaban J connectivity index is 2.07. The van der Waals surface area contributed by atoms with Gasteiger partial charge in [-0.15, -0.1) is 11.3 Å². The van der Waals surface area contributed by atoms with Crippen LogP contribution in [-0.4, -0.2) is 25.2 Å². The second kappa shape index (κ2) is 7.13. The van der Waals surface area contributed by atoms with Crippen molar-refractivity contribution in [2.24, 2.45) is 0 Å². The number of methoxy groups -OCH3 is 2. The minimum atomic E-state index is -0.379. The number of carbonyl (C=O) groups excluding carboxylic acids is 1. The highest BCUT2D eigenvalue weighted by Gasteiger charge is 2.12. The van der Waals surface area contributed by atoms with E-state index in [-0.39, 0.29) is 6.03 Å². The van der Waals surface area contributed by atoms with E-state index in [2.05, 4.69) is 29.5 Å². The number of hydrogen-bond donors (Lipinski definition) is 2. The summed E-state index contributed by atoms with van der Waals surface area (Å²) >= 11 is 1.46. The Morgan fingerprint density at radius 1 is 1.23 bits per heavy atom. The van der Waals surface area contributed by atoms with E-state index in [0.29, 0.717) is 28.2 Å². The molecule has 0 aliphatic rings. The van der Waals surface area contributed by atoms with Crippen LogP contribution >= 0.6 is 11.3 Å². The van der Waals surface area contributed by atoms with E-state index in [1.807, 2.05) is 0 Å². The number of rotatable bonds is 5. The number of hydrogen-bond acceptors (Lipinski definition) is 5. The first kappa shape index (κ1) is 16.1. The van der Waals surface area contributed by atoms with E-state index >= 15 is 0 Å². The van der Waals surface area contributed by atoms with Crippen molar-refractivity contribution in [2.45, 2.75) is 19.8 Å². The number of benzene rings is 1. The average Bonchev–Trinajstić information content (AvgIpc) is 2.95. The molecular formula is C15H19N3O3S. The number of anilines is 2. The first-order valence-corrected chi connectivity index (χ1v) is 7.61. The Bertz CT molecular complexity index is 655. The second-order valence-corrected chi connectivity index (χ2v) is 5.93. The number of amides is 2. The maximum absolute atomic E-state index is 12.1. The largest absolute Gasteiger partial charge is 0.497 e. The molecule has 0 atom stereocenters. The third kappa shape index (κ3) is 3.88. The molecule has 6 nitrogen and oxygen atoms in total. The summed E-state index contributed by atoms with van der Waals surface area (Å²) in [7, 11) is 3.11. The van der Waals surface area contributed by atoms with Gasteiger partial charge in [-0.25, -0.2) is 9.78 Å². The minimum absolute atomic E-state index is 0.379. The molecule has 0 fully saturated rings. The van der Waals surface area contributed by atoms with Gasteiger partial charge in [-0.05, 0) is 18.1 Å². The van der Waals surface area contributed by atoms with Crippen molar-refractivity contribution in [3.05, 3.63) is 29.3 Å². The van der Waals surface area contributed by atoms with Crippen molar-refractivity contribution in [1.82, 2.24) is 4.98 Å². The molecule has 1 aromatic carbocycles. The number of nitrogens with one attached hydrogen (secondary N) is 2. The monoisotopic (exact) mass is 321 g/mol. The van der Waals surface area contributed by atoms with Crippen molar-refractivity contribution in [3.8, 4) is 11.5 Å². The van der Waals surface area contributed by atoms with Crippen molar-refractivity contribution in [1.29, 1.82) is 0 Å². The number of carbonyl (C=O) groups is 1. The number of ether oxygens (including phenoxy) is 2. The topological polar surface area (TPSA) is 72.5 Å². The number of urea groups is 1. The SMILES string of the molecule is COc1ccc(OC)c(NC(=O)Nc2ncc(C(C)C)s2)c1. The maximum Gasteiger partial charge on any atom is 0.325 e.